The Labute approximate surface area is 124 Å². The lowest BCUT2D eigenvalue weighted by molar-refractivity contribution is -0.104. The van der Waals surface area contributed by atoms with Gasteiger partial charge in [0.1, 0.15) is 0 Å². The van der Waals surface area contributed by atoms with Crippen molar-refractivity contribution in [3.05, 3.63) is 0 Å². The average Bonchev–Trinajstić information content (AvgIpc) is 2.93. The first kappa shape index (κ1) is 14.8. The molecule has 1 N–H and O–H groups in total. The Kier molecular flexibility index (Phi) is 5.00. The van der Waals surface area contributed by atoms with Crippen molar-refractivity contribution in [2.45, 2.75) is 82.4 Å². The van der Waals surface area contributed by atoms with Crippen LogP contribution < -0.4 is 5.32 Å². The molecule has 1 saturated carbocycles. The van der Waals surface area contributed by atoms with Crippen LogP contribution in [-0.4, -0.2) is 48.8 Å². The van der Waals surface area contributed by atoms with Gasteiger partial charge in [0.15, 0.2) is 0 Å². The molecule has 3 heteroatoms. The Morgan fingerprint density at radius 1 is 1.20 bits per heavy atom. The predicted molar refractivity (Wildman–Crippen MR) is 83.1 cm³/mol. The molecule has 20 heavy (non-hydrogen) atoms. The minimum Gasteiger partial charge on any atom is -0.375 e. The first-order valence-corrected chi connectivity index (χ1v) is 8.93. The minimum atomic E-state index is 0.271. The zero-order chi connectivity index (χ0) is 13.8. The quantitative estimate of drug-likeness (QED) is 0.857. The maximum atomic E-state index is 6.20. The van der Waals surface area contributed by atoms with Gasteiger partial charge in [-0.15, -0.1) is 0 Å². The number of nitrogens with zero attached hydrogens (tertiary/aromatic N) is 1. The van der Waals surface area contributed by atoms with Gasteiger partial charge in [0.2, 0.25) is 0 Å². The maximum absolute atomic E-state index is 6.20. The molecular formula is C17H32N2O. The first-order valence-electron chi connectivity index (χ1n) is 8.93. The van der Waals surface area contributed by atoms with Crippen LogP contribution in [-0.2, 0) is 4.74 Å². The van der Waals surface area contributed by atoms with E-state index in [1.807, 2.05) is 0 Å². The Balaban J connectivity index is 1.54. The third-order valence-corrected chi connectivity index (χ3v) is 5.63. The monoisotopic (exact) mass is 280 g/mol. The second-order valence-electron chi connectivity index (χ2n) is 7.17. The van der Waals surface area contributed by atoms with Crippen LogP contribution in [0.1, 0.15) is 64.7 Å². The van der Waals surface area contributed by atoms with Crippen LogP contribution in [0.3, 0.4) is 0 Å². The molecule has 3 nitrogen and oxygen atoms in total. The maximum Gasteiger partial charge on any atom is 0.0697 e. The van der Waals surface area contributed by atoms with Crippen LogP contribution in [0, 0.1) is 0 Å². The summed E-state index contributed by atoms with van der Waals surface area (Å²) in [6.07, 6.45) is 11.9. The Morgan fingerprint density at radius 3 is 2.85 bits per heavy atom. The molecule has 0 aromatic rings. The van der Waals surface area contributed by atoms with E-state index in [9.17, 15) is 0 Å². The number of piperidine rings is 1. The van der Waals surface area contributed by atoms with Gasteiger partial charge in [-0.05, 0) is 58.0 Å². The van der Waals surface area contributed by atoms with Gasteiger partial charge in [-0.25, -0.2) is 0 Å². The number of likely N-dealkylation sites (tertiary alicyclic amines) is 1. The molecule has 0 aromatic carbocycles. The van der Waals surface area contributed by atoms with Gasteiger partial charge in [-0.2, -0.15) is 0 Å². The van der Waals surface area contributed by atoms with Crippen molar-refractivity contribution in [2.24, 2.45) is 0 Å². The molecular weight excluding hydrogens is 248 g/mol. The van der Waals surface area contributed by atoms with Crippen LogP contribution in [0.5, 0.6) is 0 Å². The van der Waals surface area contributed by atoms with Gasteiger partial charge in [0.25, 0.3) is 0 Å². The zero-order valence-electron chi connectivity index (χ0n) is 13.2. The second-order valence-corrected chi connectivity index (χ2v) is 7.17. The molecule has 2 saturated heterocycles. The van der Waals surface area contributed by atoms with Gasteiger partial charge in [-0.3, -0.25) is 4.90 Å². The Hall–Kier alpha value is -0.120. The fourth-order valence-corrected chi connectivity index (χ4v) is 4.53. The molecule has 0 bridgehead atoms. The van der Waals surface area contributed by atoms with Crippen LogP contribution in [0.25, 0.3) is 0 Å². The van der Waals surface area contributed by atoms with Crippen molar-refractivity contribution in [3.8, 4) is 0 Å². The van der Waals surface area contributed by atoms with E-state index >= 15 is 0 Å². The van der Waals surface area contributed by atoms with E-state index in [2.05, 4.69) is 17.1 Å². The van der Waals surface area contributed by atoms with Crippen LogP contribution in [0.4, 0.5) is 0 Å². The molecule has 2 aliphatic heterocycles. The smallest absolute Gasteiger partial charge is 0.0697 e. The molecule has 2 heterocycles. The van der Waals surface area contributed by atoms with Crippen molar-refractivity contribution in [3.63, 3.8) is 0 Å². The van der Waals surface area contributed by atoms with E-state index in [1.165, 1.54) is 77.4 Å². The van der Waals surface area contributed by atoms with Gasteiger partial charge >= 0.3 is 0 Å². The molecule has 0 aromatic heterocycles. The third-order valence-electron chi connectivity index (χ3n) is 5.63. The number of rotatable bonds is 4. The summed E-state index contributed by atoms with van der Waals surface area (Å²) >= 11 is 0. The summed E-state index contributed by atoms with van der Waals surface area (Å²) in [6, 6.07) is 1.51. The van der Waals surface area contributed by atoms with E-state index in [1.54, 1.807) is 0 Å². The fraction of sp³-hybridized carbons (Fsp3) is 1.00. The highest BCUT2D eigenvalue weighted by atomic mass is 16.5. The van der Waals surface area contributed by atoms with Crippen LogP contribution in [0.2, 0.25) is 0 Å². The molecule has 2 atom stereocenters. The number of hydrogen-bond donors (Lipinski definition) is 1. The molecule has 1 spiro atoms. The summed E-state index contributed by atoms with van der Waals surface area (Å²) in [4.78, 5) is 2.78. The normalized spacial score (nSPS) is 34.6. The molecule has 0 radical (unpaired) electrons. The second kappa shape index (κ2) is 6.76. The highest BCUT2D eigenvalue weighted by Crippen LogP contribution is 2.41. The van der Waals surface area contributed by atoms with Crippen molar-refractivity contribution in [1.82, 2.24) is 10.2 Å². The third kappa shape index (κ3) is 3.37. The summed E-state index contributed by atoms with van der Waals surface area (Å²) in [6.45, 7) is 7.01. The van der Waals surface area contributed by atoms with Crippen molar-refractivity contribution >= 4 is 0 Å². The van der Waals surface area contributed by atoms with Crippen LogP contribution in [0.15, 0.2) is 0 Å². The topological polar surface area (TPSA) is 24.5 Å². The van der Waals surface area contributed by atoms with E-state index in [-0.39, 0.29) is 5.60 Å². The Morgan fingerprint density at radius 2 is 2.05 bits per heavy atom. The number of nitrogens with one attached hydrogen (secondary N) is 1. The van der Waals surface area contributed by atoms with Gasteiger partial charge in [0.05, 0.1) is 5.60 Å². The molecule has 1 aliphatic carbocycles. The summed E-state index contributed by atoms with van der Waals surface area (Å²) in [5.74, 6) is 0. The molecule has 3 fully saturated rings. The lowest BCUT2D eigenvalue weighted by Gasteiger charge is -2.45. The SMILES string of the molecule is CCCNC1CCCN(C2CCOC3(CCCC3)C2)C1. The molecule has 3 aliphatic rings. The summed E-state index contributed by atoms with van der Waals surface area (Å²) < 4.78 is 6.20. The lowest BCUT2D eigenvalue weighted by atomic mass is 9.87. The van der Waals surface area contributed by atoms with Crippen molar-refractivity contribution in [1.29, 1.82) is 0 Å². The van der Waals surface area contributed by atoms with Crippen molar-refractivity contribution < 1.29 is 4.74 Å². The predicted octanol–water partition coefficient (Wildman–Crippen LogP) is 2.94. The lowest BCUT2D eigenvalue weighted by Crippen LogP contribution is -2.54. The fourth-order valence-electron chi connectivity index (χ4n) is 4.53. The van der Waals surface area contributed by atoms with Gasteiger partial charge in [-0.1, -0.05) is 19.8 Å². The summed E-state index contributed by atoms with van der Waals surface area (Å²) in [5.41, 5.74) is 0.271. The van der Waals surface area contributed by atoms with Crippen LogP contribution >= 0.6 is 0 Å². The number of hydrogen-bond acceptors (Lipinski definition) is 3. The van der Waals surface area contributed by atoms with E-state index in [0.717, 1.165) is 18.7 Å². The van der Waals surface area contributed by atoms with E-state index in [0.29, 0.717) is 0 Å². The molecule has 116 valence electrons. The highest BCUT2D eigenvalue weighted by Gasteiger charge is 2.42. The highest BCUT2D eigenvalue weighted by molar-refractivity contribution is 4.95. The largest absolute Gasteiger partial charge is 0.375 e. The molecule has 3 rings (SSSR count). The average molecular weight is 280 g/mol. The summed E-state index contributed by atoms with van der Waals surface area (Å²) in [5, 5.41) is 3.73. The Bertz CT molecular complexity index is 301. The van der Waals surface area contributed by atoms with E-state index in [4.69, 9.17) is 4.74 Å². The molecule has 2 unspecified atom stereocenters. The van der Waals surface area contributed by atoms with E-state index < -0.39 is 0 Å². The molecule has 0 amide bonds. The first-order chi connectivity index (χ1) is 9.81. The summed E-state index contributed by atoms with van der Waals surface area (Å²) in [7, 11) is 0. The standard InChI is InChI=1S/C17H32N2O/c1-2-10-18-15-6-5-11-19(14-15)16-7-12-20-17(13-16)8-3-4-9-17/h15-16,18H,2-14H2,1H3. The van der Waals surface area contributed by atoms with Crippen molar-refractivity contribution in [2.75, 3.05) is 26.2 Å². The van der Waals surface area contributed by atoms with Gasteiger partial charge < -0.3 is 10.1 Å². The zero-order valence-corrected chi connectivity index (χ0v) is 13.2. The minimum absolute atomic E-state index is 0.271. The number of ether oxygens (including phenoxy) is 1. The van der Waals surface area contributed by atoms with Gasteiger partial charge in [0, 0.05) is 25.2 Å².